The number of rotatable bonds is 10. The van der Waals surface area contributed by atoms with Gasteiger partial charge in [-0.15, -0.1) is 0 Å². The van der Waals surface area contributed by atoms with Crippen LogP contribution >= 0.6 is 30.1 Å². The molecule has 0 saturated carbocycles. The second-order valence-electron chi connectivity index (χ2n) is 7.02. The Hall–Kier alpha value is 1.79. The molecule has 0 amide bonds. The molecule has 0 fully saturated rings. The number of hydrogen-bond donors (Lipinski definition) is 1. The van der Waals surface area contributed by atoms with Gasteiger partial charge >= 0.3 is 27.9 Å². The predicted octanol–water partition coefficient (Wildman–Crippen LogP) is 5.48. The summed E-state index contributed by atoms with van der Waals surface area (Å²) in [5, 5.41) is 3.72. The molecule has 0 aliphatic heterocycles. The van der Waals surface area contributed by atoms with E-state index in [1.807, 2.05) is 0 Å². The van der Waals surface area contributed by atoms with Gasteiger partial charge in [-0.1, -0.05) is 0 Å². The van der Waals surface area contributed by atoms with Crippen LogP contribution in [0.2, 0.25) is 0 Å². The van der Waals surface area contributed by atoms with Crippen molar-refractivity contribution in [2.45, 2.75) is 78.0 Å². The monoisotopic (exact) mass is 444 g/mol. The zero-order valence-corrected chi connectivity index (χ0v) is 19.9. The Balaban J connectivity index is 0. The van der Waals surface area contributed by atoms with Crippen molar-refractivity contribution in [2.75, 3.05) is 25.4 Å². The van der Waals surface area contributed by atoms with Crippen molar-refractivity contribution in [3.63, 3.8) is 0 Å². The molecule has 21 heavy (non-hydrogen) atoms. The van der Waals surface area contributed by atoms with Gasteiger partial charge in [-0.05, 0) is 55.4 Å². The van der Waals surface area contributed by atoms with Crippen molar-refractivity contribution in [1.82, 2.24) is 5.32 Å². The summed E-state index contributed by atoms with van der Waals surface area (Å²) >= 11 is 6.25. The van der Waals surface area contributed by atoms with Gasteiger partial charge in [0.2, 0.25) is 0 Å². The molecule has 0 atom stereocenters. The first-order valence-corrected chi connectivity index (χ1v) is 14.5. The van der Waals surface area contributed by atoms with Crippen LogP contribution in [0.5, 0.6) is 0 Å². The molecule has 1 nitrogen and oxygen atoms in total. The van der Waals surface area contributed by atoms with Crippen molar-refractivity contribution in [3.05, 3.63) is 0 Å². The van der Waals surface area contributed by atoms with E-state index in [9.17, 15) is 0 Å². The summed E-state index contributed by atoms with van der Waals surface area (Å²) < 4.78 is 0. The summed E-state index contributed by atoms with van der Waals surface area (Å²) in [6.07, 6.45) is 2.87. The molecule has 0 aromatic carbocycles. The van der Waals surface area contributed by atoms with Gasteiger partial charge in [0, 0.05) is 28.9 Å². The topological polar surface area (TPSA) is 12.0 Å². The third kappa shape index (κ3) is 12.8. The zero-order chi connectivity index (χ0) is 17.0. The first-order chi connectivity index (χ1) is 9.77. The van der Waals surface area contributed by atoms with Crippen LogP contribution in [0.25, 0.3) is 0 Å². The first kappa shape index (κ1) is 25.0. The summed E-state index contributed by atoms with van der Waals surface area (Å²) in [5.74, 6) is 0. The van der Waals surface area contributed by atoms with Crippen LogP contribution in [0.15, 0.2) is 0 Å². The van der Waals surface area contributed by atoms with Gasteiger partial charge < -0.3 is 5.32 Å². The van der Waals surface area contributed by atoms with E-state index < -0.39 is 0 Å². The molecule has 0 aromatic rings. The standard InChI is InChI=1S/C16H37NP2.BrH.Ni/c1-13(2)18(14(3)4)11-9-17-10-12-19(15(5)6)16(7)8;;/h13-17H,9-12H2,1-8H3;1H;/q;;+1/p+1. The molecule has 5 heteroatoms. The maximum atomic E-state index is 3.72. The van der Waals surface area contributed by atoms with Gasteiger partial charge in [-0.2, -0.15) is 0 Å². The van der Waals surface area contributed by atoms with Crippen molar-refractivity contribution >= 4 is 30.1 Å². The van der Waals surface area contributed by atoms with Crippen molar-refractivity contribution in [2.24, 2.45) is 0 Å². The summed E-state index contributed by atoms with van der Waals surface area (Å²) in [4.78, 5) is 0. The fraction of sp³-hybridized carbons (Fsp3) is 1.00. The number of halogens is 1. The molecule has 0 aliphatic rings. The SMILES string of the molecule is CC(C)[PH+](CCNCC[PH+](C(C)C)C(C)C)C(C)C.[Ni][Br]. The Morgan fingerprint density at radius 2 is 0.905 bits per heavy atom. The van der Waals surface area contributed by atoms with Crippen LogP contribution in [0.1, 0.15) is 55.4 Å². The van der Waals surface area contributed by atoms with E-state index in [1.165, 1.54) is 25.4 Å². The van der Waals surface area contributed by atoms with E-state index in [4.69, 9.17) is 0 Å². The Labute approximate surface area is 152 Å². The molecule has 0 heterocycles. The minimum absolute atomic E-state index is 0.166. The van der Waals surface area contributed by atoms with Crippen LogP contribution in [0.4, 0.5) is 0 Å². The first-order valence-electron chi connectivity index (χ1n) is 8.31. The zero-order valence-electron chi connectivity index (χ0n) is 15.3. The molecule has 0 bridgehead atoms. The molecule has 133 valence electrons. The van der Waals surface area contributed by atoms with Crippen LogP contribution in [0, 0.1) is 0 Å². The number of nitrogens with one attached hydrogen (secondary N) is 1. The average molecular weight is 446 g/mol. The van der Waals surface area contributed by atoms with Gasteiger partial charge in [0.05, 0.1) is 35.0 Å². The Morgan fingerprint density at radius 3 is 1.10 bits per heavy atom. The van der Waals surface area contributed by atoms with Crippen LogP contribution in [-0.4, -0.2) is 48.0 Å². The van der Waals surface area contributed by atoms with Crippen molar-refractivity contribution in [1.29, 1.82) is 0 Å². The van der Waals surface area contributed by atoms with Gasteiger partial charge in [-0.3, -0.25) is 0 Å². The van der Waals surface area contributed by atoms with Gasteiger partial charge in [0.15, 0.2) is 0 Å². The van der Waals surface area contributed by atoms with E-state index in [0.29, 0.717) is 0 Å². The summed E-state index contributed by atoms with van der Waals surface area (Å²) in [7, 11) is -0.331. The summed E-state index contributed by atoms with van der Waals surface area (Å²) in [6, 6.07) is 0. The molecule has 0 spiro atoms. The molecular formula is C16H39BrNNiP2+2. The molecule has 0 radical (unpaired) electrons. The third-order valence-corrected chi connectivity index (χ3v) is 11.7. The molecule has 0 saturated heterocycles. The van der Waals surface area contributed by atoms with E-state index in [0.717, 1.165) is 22.6 Å². The van der Waals surface area contributed by atoms with Crippen LogP contribution in [0.3, 0.4) is 0 Å². The van der Waals surface area contributed by atoms with Crippen molar-refractivity contribution < 1.29 is 13.7 Å². The number of hydrogen-bond acceptors (Lipinski definition) is 1. The molecule has 1 N–H and O–H groups in total. The molecule has 0 rings (SSSR count). The van der Waals surface area contributed by atoms with Crippen molar-refractivity contribution in [3.8, 4) is 0 Å². The van der Waals surface area contributed by atoms with Crippen LogP contribution in [-0.2, 0) is 13.7 Å². The van der Waals surface area contributed by atoms with Gasteiger partial charge in [0.1, 0.15) is 0 Å². The second-order valence-corrected chi connectivity index (χ2v) is 14.9. The summed E-state index contributed by atoms with van der Waals surface area (Å²) in [6.45, 7) is 21.8. The summed E-state index contributed by atoms with van der Waals surface area (Å²) in [5.41, 5.74) is 3.66. The molecule has 0 aromatic heterocycles. The van der Waals surface area contributed by atoms with E-state index in [2.05, 4.69) is 88.6 Å². The Morgan fingerprint density at radius 1 is 0.667 bits per heavy atom. The Bertz CT molecular complexity index is 188. The average Bonchev–Trinajstić information content (AvgIpc) is 2.38. The Kier molecular flexibility index (Phi) is 18.3. The van der Waals surface area contributed by atoms with Gasteiger partial charge in [-0.25, -0.2) is 0 Å². The predicted molar refractivity (Wildman–Crippen MR) is 109 cm³/mol. The third-order valence-electron chi connectivity index (χ3n) is 4.15. The van der Waals surface area contributed by atoms with Gasteiger partial charge in [0.25, 0.3) is 0 Å². The second kappa shape index (κ2) is 15.3. The molecular weight excluding hydrogens is 407 g/mol. The van der Waals surface area contributed by atoms with E-state index in [1.54, 1.807) is 0 Å². The molecule has 0 unspecified atom stereocenters. The van der Waals surface area contributed by atoms with E-state index in [-0.39, 0.29) is 15.8 Å². The quantitative estimate of drug-likeness (QED) is 0.266. The maximum absolute atomic E-state index is 3.72. The fourth-order valence-electron chi connectivity index (χ4n) is 3.08. The van der Waals surface area contributed by atoms with Crippen LogP contribution < -0.4 is 5.32 Å². The minimum atomic E-state index is -0.166. The fourth-order valence-corrected chi connectivity index (χ4v) is 8.99. The van der Waals surface area contributed by atoms with E-state index >= 15 is 0 Å². The molecule has 0 aliphatic carbocycles. The normalized spacial score (nSPS) is 12.0.